The van der Waals surface area contributed by atoms with E-state index in [9.17, 15) is 9.59 Å². The van der Waals surface area contributed by atoms with E-state index in [1.54, 1.807) is 31.7 Å². The highest BCUT2D eigenvalue weighted by atomic mass is 32.1. The van der Waals surface area contributed by atoms with Crippen LogP contribution in [0.25, 0.3) is 5.69 Å². The van der Waals surface area contributed by atoms with Crippen molar-refractivity contribution in [2.24, 2.45) is 0 Å². The van der Waals surface area contributed by atoms with E-state index in [2.05, 4.69) is 5.10 Å². The molecule has 0 aliphatic carbocycles. The van der Waals surface area contributed by atoms with Crippen molar-refractivity contribution in [3.63, 3.8) is 0 Å². The highest BCUT2D eigenvalue weighted by Gasteiger charge is 2.13. The van der Waals surface area contributed by atoms with Crippen LogP contribution in [0.2, 0.25) is 0 Å². The molecule has 0 spiro atoms. The lowest BCUT2D eigenvalue weighted by atomic mass is 10.4. The summed E-state index contributed by atoms with van der Waals surface area (Å²) in [5.41, 5.74) is 0.957. The zero-order chi connectivity index (χ0) is 13.3. The first-order valence-corrected chi connectivity index (χ1v) is 5.96. The van der Waals surface area contributed by atoms with Crippen LogP contribution in [0.5, 0.6) is 0 Å². The Hall–Kier alpha value is -2.15. The normalized spacial score (nSPS) is 10.3. The molecule has 0 bridgehead atoms. The highest BCUT2D eigenvalue weighted by Crippen LogP contribution is 2.18. The standard InChI is InChI=1S/C11H11N3O3S/c1-13(2)10(15)8-3-4-14(12-8)7-5-9(11(16)17)18-6-7/h3-6H,1-2H3,(H,16,17). The summed E-state index contributed by atoms with van der Waals surface area (Å²) in [6.07, 6.45) is 1.63. The maximum absolute atomic E-state index is 11.7. The van der Waals surface area contributed by atoms with Crippen LogP contribution in [0, 0.1) is 0 Å². The van der Waals surface area contributed by atoms with Gasteiger partial charge >= 0.3 is 5.97 Å². The minimum Gasteiger partial charge on any atom is -0.477 e. The van der Waals surface area contributed by atoms with Crippen molar-refractivity contribution < 1.29 is 14.7 Å². The third-order valence-electron chi connectivity index (χ3n) is 2.28. The second-order valence-corrected chi connectivity index (χ2v) is 4.73. The molecule has 2 aromatic heterocycles. The highest BCUT2D eigenvalue weighted by molar-refractivity contribution is 7.12. The molecule has 0 fully saturated rings. The van der Waals surface area contributed by atoms with Gasteiger partial charge in [0.1, 0.15) is 4.88 Å². The summed E-state index contributed by atoms with van der Waals surface area (Å²) >= 11 is 1.12. The van der Waals surface area contributed by atoms with Gasteiger partial charge in [-0.1, -0.05) is 0 Å². The van der Waals surface area contributed by atoms with E-state index in [1.807, 2.05) is 0 Å². The molecular formula is C11H11N3O3S. The van der Waals surface area contributed by atoms with Crippen LogP contribution in [0.3, 0.4) is 0 Å². The molecule has 2 heterocycles. The summed E-state index contributed by atoms with van der Waals surface area (Å²) in [5, 5.41) is 14.6. The van der Waals surface area contributed by atoms with E-state index < -0.39 is 5.97 Å². The van der Waals surface area contributed by atoms with Crippen LogP contribution in [0.1, 0.15) is 20.2 Å². The number of hydrogen-bond donors (Lipinski definition) is 1. The Labute approximate surface area is 107 Å². The Balaban J connectivity index is 2.29. The van der Waals surface area contributed by atoms with Crippen LogP contribution in [0.15, 0.2) is 23.7 Å². The average Bonchev–Trinajstić information content (AvgIpc) is 2.96. The largest absolute Gasteiger partial charge is 0.477 e. The van der Waals surface area contributed by atoms with Crippen molar-refractivity contribution in [1.29, 1.82) is 0 Å². The molecule has 1 amide bonds. The number of rotatable bonds is 3. The fraction of sp³-hybridized carbons (Fsp3) is 0.182. The summed E-state index contributed by atoms with van der Waals surface area (Å²) < 4.78 is 1.49. The van der Waals surface area contributed by atoms with E-state index >= 15 is 0 Å². The lowest BCUT2D eigenvalue weighted by Crippen LogP contribution is -2.22. The molecule has 0 unspecified atom stereocenters. The first kappa shape index (κ1) is 12.3. The lowest BCUT2D eigenvalue weighted by molar-refractivity contribution is 0.0701. The van der Waals surface area contributed by atoms with Gasteiger partial charge in [-0.15, -0.1) is 11.3 Å². The zero-order valence-corrected chi connectivity index (χ0v) is 10.6. The Morgan fingerprint density at radius 1 is 1.44 bits per heavy atom. The van der Waals surface area contributed by atoms with Gasteiger partial charge in [0, 0.05) is 25.7 Å². The van der Waals surface area contributed by atoms with Crippen molar-refractivity contribution in [3.8, 4) is 5.69 Å². The number of carboxylic acid groups (broad SMARTS) is 1. The number of thiophene rings is 1. The second-order valence-electron chi connectivity index (χ2n) is 3.82. The summed E-state index contributed by atoms with van der Waals surface area (Å²) in [6, 6.07) is 3.12. The number of hydrogen-bond acceptors (Lipinski definition) is 4. The van der Waals surface area contributed by atoms with E-state index in [1.165, 1.54) is 15.6 Å². The Kier molecular flexibility index (Phi) is 3.15. The molecule has 0 saturated heterocycles. The van der Waals surface area contributed by atoms with Gasteiger partial charge < -0.3 is 10.0 Å². The first-order valence-electron chi connectivity index (χ1n) is 5.08. The monoisotopic (exact) mass is 265 g/mol. The summed E-state index contributed by atoms with van der Waals surface area (Å²) in [5.74, 6) is -1.16. The van der Waals surface area contributed by atoms with Gasteiger partial charge in [0.2, 0.25) is 0 Å². The molecule has 0 aliphatic heterocycles. The van der Waals surface area contributed by atoms with Gasteiger partial charge in [-0.05, 0) is 12.1 Å². The number of carboxylic acids is 1. The molecule has 0 atom stereocenters. The van der Waals surface area contributed by atoms with E-state index in [0.717, 1.165) is 11.3 Å². The first-order chi connectivity index (χ1) is 8.49. The molecule has 0 radical (unpaired) electrons. The molecule has 6 nitrogen and oxygen atoms in total. The van der Waals surface area contributed by atoms with Crippen molar-refractivity contribution in [2.45, 2.75) is 0 Å². The molecule has 18 heavy (non-hydrogen) atoms. The molecule has 1 N–H and O–H groups in total. The number of amides is 1. The summed E-state index contributed by atoms with van der Waals surface area (Å²) in [4.78, 5) is 24.1. The van der Waals surface area contributed by atoms with Gasteiger partial charge in [0.05, 0.1) is 5.69 Å². The van der Waals surface area contributed by atoms with Crippen LogP contribution >= 0.6 is 11.3 Å². The van der Waals surface area contributed by atoms with E-state index in [-0.39, 0.29) is 10.8 Å². The fourth-order valence-electron chi connectivity index (χ4n) is 1.37. The Morgan fingerprint density at radius 2 is 2.17 bits per heavy atom. The molecule has 0 saturated carbocycles. The van der Waals surface area contributed by atoms with Crippen LogP contribution < -0.4 is 0 Å². The molecule has 2 aromatic rings. The maximum Gasteiger partial charge on any atom is 0.345 e. The second kappa shape index (κ2) is 4.61. The third kappa shape index (κ3) is 2.25. The van der Waals surface area contributed by atoms with E-state index in [0.29, 0.717) is 11.4 Å². The van der Waals surface area contributed by atoms with E-state index in [4.69, 9.17) is 5.11 Å². The topological polar surface area (TPSA) is 75.4 Å². The minimum absolute atomic E-state index is 0.192. The summed E-state index contributed by atoms with van der Waals surface area (Å²) in [6.45, 7) is 0. The van der Waals surface area contributed by atoms with Gasteiger partial charge in [-0.25, -0.2) is 9.48 Å². The zero-order valence-electron chi connectivity index (χ0n) is 9.82. The third-order valence-corrected chi connectivity index (χ3v) is 3.18. The maximum atomic E-state index is 11.7. The summed E-state index contributed by atoms with van der Waals surface area (Å²) in [7, 11) is 3.29. The Bertz CT molecular complexity index is 600. The number of carbonyl (C=O) groups is 2. The number of nitrogens with zero attached hydrogens (tertiary/aromatic N) is 3. The van der Waals surface area contributed by atoms with Crippen molar-refractivity contribution >= 4 is 23.2 Å². The molecular weight excluding hydrogens is 254 g/mol. The molecule has 0 aliphatic rings. The van der Waals surface area contributed by atoms with Crippen molar-refractivity contribution in [2.75, 3.05) is 14.1 Å². The molecule has 7 heteroatoms. The molecule has 2 rings (SSSR count). The molecule has 94 valence electrons. The lowest BCUT2D eigenvalue weighted by Gasteiger charge is -2.06. The molecule has 0 aromatic carbocycles. The van der Waals surface area contributed by atoms with Gasteiger partial charge in [0.25, 0.3) is 5.91 Å². The average molecular weight is 265 g/mol. The van der Waals surface area contributed by atoms with Crippen molar-refractivity contribution in [1.82, 2.24) is 14.7 Å². The smallest absolute Gasteiger partial charge is 0.345 e. The number of carbonyl (C=O) groups excluding carboxylic acids is 1. The predicted octanol–water partition coefficient (Wildman–Crippen LogP) is 1.33. The number of aromatic nitrogens is 2. The fourth-order valence-corrected chi connectivity index (χ4v) is 2.08. The van der Waals surface area contributed by atoms with Gasteiger partial charge in [0.15, 0.2) is 5.69 Å². The quantitative estimate of drug-likeness (QED) is 0.908. The van der Waals surface area contributed by atoms with Crippen LogP contribution in [0.4, 0.5) is 0 Å². The Morgan fingerprint density at radius 3 is 2.72 bits per heavy atom. The van der Waals surface area contributed by atoms with Crippen molar-refractivity contribution in [3.05, 3.63) is 34.3 Å². The minimum atomic E-state index is -0.969. The predicted molar refractivity (Wildman–Crippen MR) is 66.4 cm³/mol. The van der Waals surface area contributed by atoms with Crippen LogP contribution in [-0.2, 0) is 0 Å². The van der Waals surface area contributed by atoms with Gasteiger partial charge in [-0.2, -0.15) is 5.10 Å². The van der Waals surface area contributed by atoms with Gasteiger partial charge in [-0.3, -0.25) is 4.79 Å². The SMILES string of the molecule is CN(C)C(=O)c1ccn(-c2csc(C(=O)O)c2)n1. The number of aromatic carboxylic acids is 1. The van der Waals surface area contributed by atoms with Crippen LogP contribution in [-0.4, -0.2) is 45.8 Å².